The molecule has 0 bridgehead atoms. The van der Waals surface area contributed by atoms with E-state index in [9.17, 15) is 5.11 Å². The molecule has 1 heterocycles. The van der Waals surface area contributed by atoms with Crippen LogP contribution in [0.2, 0.25) is 0 Å². The maximum Gasteiger partial charge on any atom is 0.0928 e. The van der Waals surface area contributed by atoms with E-state index >= 15 is 0 Å². The van der Waals surface area contributed by atoms with E-state index in [1.807, 2.05) is 20.8 Å². The van der Waals surface area contributed by atoms with Crippen molar-refractivity contribution in [3.05, 3.63) is 15.6 Å². The van der Waals surface area contributed by atoms with Crippen LogP contribution in [0, 0.1) is 12.8 Å². The van der Waals surface area contributed by atoms with E-state index in [4.69, 9.17) is 0 Å². The molecule has 0 amide bonds. The first-order valence-electron chi connectivity index (χ1n) is 6.69. The summed E-state index contributed by atoms with van der Waals surface area (Å²) in [5.74, 6) is 0.242. The first kappa shape index (κ1) is 15.6. The van der Waals surface area contributed by atoms with E-state index < -0.39 is 5.60 Å². The van der Waals surface area contributed by atoms with E-state index in [0.29, 0.717) is 6.54 Å². The Hall–Kier alpha value is -0.450. The van der Waals surface area contributed by atoms with Crippen molar-refractivity contribution in [2.75, 3.05) is 6.54 Å². The molecule has 0 spiro atoms. The van der Waals surface area contributed by atoms with Crippen molar-refractivity contribution in [1.29, 1.82) is 0 Å². The highest BCUT2D eigenvalue weighted by Gasteiger charge is 2.25. The van der Waals surface area contributed by atoms with Crippen molar-refractivity contribution >= 4 is 11.3 Å². The molecule has 104 valence electrons. The molecule has 2 atom stereocenters. The summed E-state index contributed by atoms with van der Waals surface area (Å²) in [4.78, 5) is 5.83. The van der Waals surface area contributed by atoms with E-state index in [0.717, 1.165) is 12.1 Å². The molecular formula is C14H26N2OS. The number of nitrogens with one attached hydrogen (secondary N) is 1. The van der Waals surface area contributed by atoms with Crippen LogP contribution in [-0.2, 0) is 6.42 Å². The van der Waals surface area contributed by atoms with Crippen LogP contribution in [0.4, 0.5) is 0 Å². The van der Waals surface area contributed by atoms with Crippen molar-refractivity contribution in [2.24, 2.45) is 5.92 Å². The van der Waals surface area contributed by atoms with Crippen LogP contribution in [0.25, 0.3) is 0 Å². The molecule has 0 aliphatic carbocycles. The monoisotopic (exact) mass is 270 g/mol. The zero-order chi connectivity index (χ0) is 13.9. The zero-order valence-electron chi connectivity index (χ0n) is 12.4. The van der Waals surface area contributed by atoms with Crippen molar-refractivity contribution in [1.82, 2.24) is 10.3 Å². The number of nitrogens with zero attached hydrogens (tertiary/aromatic N) is 1. The number of thiazole rings is 1. The maximum atomic E-state index is 10.2. The van der Waals surface area contributed by atoms with Gasteiger partial charge in [-0.05, 0) is 33.1 Å². The van der Waals surface area contributed by atoms with Crippen molar-refractivity contribution in [3.8, 4) is 0 Å². The van der Waals surface area contributed by atoms with E-state index in [1.54, 1.807) is 11.3 Å². The SMILES string of the molecule is CCc1nc(C)c(C(C)NCC(C)(O)C(C)C)s1. The molecule has 2 N–H and O–H groups in total. The minimum absolute atomic E-state index is 0.242. The molecule has 4 heteroatoms. The Morgan fingerprint density at radius 1 is 1.39 bits per heavy atom. The smallest absolute Gasteiger partial charge is 0.0928 e. The zero-order valence-corrected chi connectivity index (χ0v) is 13.2. The third kappa shape index (κ3) is 3.77. The first-order chi connectivity index (χ1) is 8.27. The largest absolute Gasteiger partial charge is 0.389 e. The quantitative estimate of drug-likeness (QED) is 0.835. The third-order valence-corrected chi connectivity index (χ3v) is 5.07. The third-order valence-electron chi connectivity index (χ3n) is 3.58. The summed E-state index contributed by atoms with van der Waals surface area (Å²) in [5.41, 5.74) is 0.446. The fraction of sp³-hybridized carbons (Fsp3) is 0.786. The lowest BCUT2D eigenvalue weighted by atomic mass is 9.92. The normalized spacial score (nSPS) is 16.9. The number of hydrogen-bond donors (Lipinski definition) is 2. The van der Waals surface area contributed by atoms with Crippen LogP contribution in [0.15, 0.2) is 0 Å². The lowest BCUT2D eigenvalue weighted by Gasteiger charge is -2.29. The summed E-state index contributed by atoms with van der Waals surface area (Å²) >= 11 is 1.77. The molecular weight excluding hydrogens is 244 g/mol. The standard InChI is InChI=1S/C14H26N2OS/c1-7-12-16-11(5)13(18-12)10(4)15-8-14(6,17)9(2)3/h9-10,15,17H,7-8H2,1-6H3. The number of rotatable bonds is 6. The number of aliphatic hydroxyl groups is 1. The second-order valence-corrected chi connectivity index (χ2v) is 6.64. The highest BCUT2D eigenvalue weighted by atomic mass is 32.1. The summed E-state index contributed by atoms with van der Waals surface area (Å²) in [7, 11) is 0. The summed E-state index contributed by atoms with van der Waals surface area (Å²) in [5, 5.41) is 14.8. The van der Waals surface area contributed by atoms with Gasteiger partial charge in [0.05, 0.1) is 16.3 Å². The van der Waals surface area contributed by atoms with Gasteiger partial charge in [0.25, 0.3) is 0 Å². The molecule has 2 unspecified atom stereocenters. The summed E-state index contributed by atoms with van der Waals surface area (Å²) in [6, 6.07) is 0.244. The molecule has 0 saturated carbocycles. The second-order valence-electron chi connectivity index (χ2n) is 5.53. The first-order valence-corrected chi connectivity index (χ1v) is 7.51. The highest BCUT2D eigenvalue weighted by molar-refractivity contribution is 7.11. The van der Waals surface area contributed by atoms with Gasteiger partial charge in [-0.15, -0.1) is 11.3 Å². The van der Waals surface area contributed by atoms with Gasteiger partial charge in [0.2, 0.25) is 0 Å². The average molecular weight is 270 g/mol. The number of hydrogen-bond acceptors (Lipinski definition) is 4. The van der Waals surface area contributed by atoms with Crippen LogP contribution in [0.5, 0.6) is 0 Å². The van der Waals surface area contributed by atoms with Gasteiger partial charge in [0, 0.05) is 17.5 Å². The predicted octanol–water partition coefficient (Wildman–Crippen LogP) is 3.07. The van der Waals surface area contributed by atoms with Gasteiger partial charge < -0.3 is 10.4 Å². The minimum atomic E-state index is -0.666. The lowest BCUT2D eigenvalue weighted by Crippen LogP contribution is -2.42. The number of aryl methyl sites for hydroxylation is 2. The van der Waals surface area contributed by atoms with Crippen LogP contribution >= 0.6 is 11.3 Å². The Morgan fingerprint density at radius 3 is 2.44 bits per heavy atom. The van der Waals surface area contributed by atoms with E-state index in [-0.39, 0.29) is 12.0 Å². The fourth-order valence-corrected chi connectivity index (χ4v) is 2.71. The van der Waals surface area contributed by atoms with Crippen molar-refractivity contribution in [2.45, 2.75) is 59.6 Å². The predicted molar refractivity (Wildman–Crippen MR) is 78.1 cm³/mol. The molecule has 0 radical (unpaired) electrons. The Bertz CT molecular complexity index is 385. The van der Waals surface area contributed by atoms with Gasteiger partial charge in [-0.3, -0.25) is 0 Å². The molecule has 3 nitrogen and oxygen atoms in total. The highest BCUT2D eigenvalue weighted by Crippen LogP contribution is 2.26. The van der Waals surface area contributed by atoms with Gasteiger partial charge >= 0.3 is 0 Å². The lowest BCUT2D eigenvalue weighted by molar-refractivity contribution is 0.0122. The van der Waals surface area contributed by atoms with E-state index in [1.165, 1.54) is 9.88 Å². The van der Waals surface area contributed by atoms with Crippen LogP contribution in [-0.4, -0.2) is 22.2 Å². The van der Waals surface area contributed by atoms with Gasteiger partial charge in [-0.2, -0.15) is 0 Å². The Kier molecular flexibility index (Phi) is 5.32. The average Bonchev–Trinajstić information content (AvgIpc) is 2.67. The van der Waals surface area contributed by atoms with Gasteiger partial charge in [-0.1, -0.05) is 20.8 Å². The van der Waals surface area contributed by atoms with E-state index in [2.05, 4.69) is 31.1 Å². The summed E-state index contributed by atoms with van der Waals surface area (Å²) < 4.78 is 0. The van der Waals surface area contributed by atoms with Crippen molar-refractivity contribution < 1.29 is 5.11 Å². The minimum Gasteiger partial charge on any atom is -0.389 e. The van der Waals surface area contributed by atoms with Crippen LogP contribution < -0.4 is 5.32 Å². The molecule has 1 rings (SSSR count). The molecule has 0 fully saturated rings. The van der Waals surface area contributed by atoms with Crippen LogP contribution in [0.3, 0.4) is 0 Å². The molecule has 0 saturated heterocycles. The molecule has 18 heavy (non-hydrogen) atoms. The molecule has 0 aliphatic heterocycles. The fourth-order valence-electron chi connectivity index (χ4n) is 1.68. The molecule has 0 aromatic carbocycles. The Balaban J connectivity index is 2.65. The second kappa shape index (κ2) is 6.13. The summed E-state index contributed by atoms with van der Waals surface area (Å²) in [6.45, 7) is 12.9. The maximum absolute atomic E-state index is 10.2. The molecule has 0 aliphatic rings. The van der Waals surface area contributed by atoms with Crippen LogP contribution in [0.1, 0.15) is 56.2 Å². The number of aromatic nitrogens is 1. The summed E-state index contributed by atoms with van der Waals surface area (Å²) in [6.07, 6.45) is 0.988. The van der Waals surface area contributed by atoms with Gasteiger partial charge in [0.1, 0.15) is 0 Å². The van der Waals surface area contributed by atoms with Crippen molar-refractivity contribution in [3.63, 3.8) is 0 Å². The van der Waals surface area contributed by atoms with Gasteiger partial charge in [-0.25, -0.2) is 4.98 Å². The Labute approximate surface area is 115 Å². The van der Waals surface area contributed by atoms with Gasteiger partial charge in [0.15, 0.2) is 0 Å². The molecule has 1 aromatic heterocycles. The topological polar surface area (TPSA) is 45.2 Å². The molecule has 1 aromatic rings. The Morgan fingerprint density at radius 2 is 2.00 bits per heavy atom.